The van der Waals surface area contributed by atoms with Crippen molar-refractivity contribution in [1.82, 2.24) is 0 Å². The van der Waals surface area contributed by atoms with Gasteiger partial charge in [-0.05, 0) is 55.3 Å². The number of hydrogen-bond acceptors (Lipinski definition) is 4. The van der Waals surface area contributed by atoms with E-state index in [-0.39, 0.29) is 5.63 Å². The fourth-order valence-corrected chi connectivity index (χ4v) is 4.98. The molecular weight excluding hydrogens is 358 g/mol. The maximum Gasteiger partial charge on any atom is 0.336 e. The minimum atomic E-state index is -0.276. The van der Waals surface area contributed by atoms with Gasteiger partial charge in [-0.2, -0.15) is 0 Å². The number of thiophene rings is 1. The van der Waals surface area contributed by atoms with Gasteiger partial charge < -0.3 is 14.1 Å². The molecule has 1 atom stereocenters. The molecule has 0 saturated heterocycles. The zero-order valence-electron chi connectivity index (χ0n) is 15.7. The minimum absolute atomic E-state index is 0.276. The average molecular weight is 385 g/mol. The summed E-state index contributed by atoms with van der Waals surface area (Å²) in [5, 5.41) is 3.12. The Bertz CT molecular complexity index is 942. The van der Waals surface area contributed by atoms with Crippen LogP contribution in [0.5, 0.6) is 5.75 Å². The largest absolute Gasteiger partial charge is 0.497 e. The van der Waals surface area contributed by atoms with E-state index in [1.165, 1.54) is 37.0 Å². The third-order valence-electron chi connectivity index (χ3n) is 5.62. The van der Waals surface area contributed by atoms with E-state index in [1.54, 1.807) is 18.1 Å². The smallest absolute Gasteiger partial charge is 0.336 e. The highest BCUT2D eigenvalue weighted by Gasteiger charge is 2.26. The summed E-state index contributed by atoms with van der Waals surface area (Å²) in [7, 11) is 1.66. The first-order valence-corrected chi connectivity index (χ1v) is 10.6. The summed E-state index contributed by atoms with van der Waals surface area (Å²) in [6.07, 6.45) is 6.50. The van der Waals surface area contributed by atoms with Crippen molar-refractivity contribution in [2.24, 2.45) is 0 Å². The standard InChI is InChI=1S/C22H25NO3S/c1-25-18-9-10-21-20(13-18)16(12-22(24)26-21)14-23(15-19-8-5-11-27-19)17-6-3-2-4-7-17/h5,8-13,17H,2-4,6-7,14-15H2,1H3/p+1. The molecule has 27 heavy (non-hydrogen) atoms. The first-order chi connectivity index (χ1) is 13.2. The zero-order chi connectivity index (χ0) is 18.6. The minimum Gasteiger partial charge on any atom is -0.497 e. The second kappa shape index (κ2) is 8.28. The van der Waals surface area contributed by atoms with E-state index in [1.807, 2.05) is 29.5 Å². The van der Waals surface area contributed by atoms with Gasteiger partial charge in [0.1, 0.15) is 24.4 Å². The second-order valence-electron chi connectivity index (χ2n) is 7.38. The first-order valence-electron chi connectivity index (χ1n) is 9.70. The highest BCUT2D eigenvalue weighted by Crippen LogP contribution is 2.23. The van der Waals surface area contributed by atoms with E-state index < -0.39 is 0 Å². The predicted molar refractivity (Wildman–Crippen MR) is 109 cm³/mol. The average Bonchev–Trinajstić information content (AvgIpc) is 3.21. The summed E-state index contributed by atoms with van der Waals surface area (Å²) < 4.78 is 10.8. The van der Waals surface area contributed by atoms with Crippen LogP contribution in [0.4, 0.5) is 0 Å². The number of rotatable bonds is 6. The maximum atomic E-state index is 12.1. The number of fused-ring (bicyclic) bond motifs is 1. The van der Waals surface area contributed by atoms with Gasteiger partial charge in [0.25, 0.3) is 0 Å². The van der Waals surface area contributed by atoms with Gasteiger partial charge in [0.15, 0.2) is 0 Å². The van der Waals surface area contributed by atoms with Crippen LogP contribution < -0.4 is 15.3 Å². The van der Waals surface area contributed by atoms with Crippen LogP contribution in [0.1, 0.15) is 42.5 Å². The maximum absolute atomic E-state index is 12.1. The molecule has 2 aromatic heterocycles. The molecule has 142 valence electrons. The summed E-state index contributed by atoms with van der Waals surface area (Å²) in [6, 6.07) is 12.3. The number of ether oxygens (including phenoxy) is 1. The van der Waals surface area contributed by atoms with Crippen molar-refractivity contribution in [2.75, 3.05) is 7.11 Å². The number of benzene rings is 1. The highest BCUT2D eigenvalue weighted by atomic mass is 32.1. The Labute approximate surface area is 163 Å². The van der Waals surface area contributed by atoms with Crippen LogP contribution in [0.25, 0.3) is 11.0 Å². The molecule has 1 aliphatic carbocycles. The Morgan fingerprint density at radius 2 is 2.00 bits per heavy atom. The lowest BCUT2D eigenvalue weighted by Crippen LogP contribution is -3.13. The van der Waals surface area contributed by atoms with Gasteiger partial charge >= 0.3 is 5.63 Å². The molecule has 2 heterocycles. The molecule has 1 saturated carbocycles. The Morgan fingerprint density at radius 1 is 1.15 bits per heavy atom. The van der Waals surface area contributed by atoms with Crippen molar-refractivity contribution < 1.29 is 14.1 Å². The molecule has 1 fully saturated rings. The number of hydrogen-bond donors (Lipinski definition) is 1. The summed E-state index contributed by atoms with van der Waals surface area (Å²) in [5.41, 5.74) is 1.41. The molecule has 1 aliphatic rings. The molecule has 1 N–H and O–H groups in total. The van der Waals surface area contributed by atoms with Crippen LogP contribution in [0.3, 0.4) is 0 Å². The lowest BCUT2D eigenvalue weighted by atomic mass is 9.93. The van der Waals surface area contributed by atoms with Crippen LogP contribution in [-0.2, 0) is 13.1 Å². The SMILES string of the molecule is COc1ccc2oc(=O)cc(C[NH+](Cc3cccs3)C3CCCCC3)c2c1. The van der Waals surface area contributed by atoms with Crippen LogP contribution in [-0.4, -0.2) is 13.2 Å². The van der Waals surface area contributed by atoms with Crippen molar-refractivity contribution in [1.29, 1.82) is 0 Å². The van der Waals surface area contributed by atoms with E-state index in [0.717, 1.165) is 29.8 Å². The Balaban J connectivity index is 1.69. The fourth-order valence-electron chi connectivity index (χ4n) is 4.22. The summed E-state index contributed by atoms with van der Waals surface area (Å²) in [6.45, 7) is 1.84. The van der Waals surface area contributed by atoms with E-state index >= 15 is 0 Å². The number of methoxy groups -OCH3 is 1. The van der Waals surface area contributed by atoms with Gasteiger partial charge in [0.2, 0.25) is 0 Å². The lowest BCUT2D eigenvalue weighted by molar-refractivity contribution is -0.953. The predicted octanol–water partition coefficient (Wildman–Crippen LogP) is 3.78. The third kappa shape index (κ3) is 4.25. The van der Waals surface area contributed by atoms with Crippen molar-refractivity contribution in [3.05, 3.63) is 62.6 Å². The first kappa shape index (κ1) is 18.3. The number of quaternary nitrogens is 1. The van der Waals surface area contributed by atoms with Crippen LogP contribution in [0, 0.1) is 0 Å². The van der Waals surface area contributed by atoms with Gasteiger partial charge in [0, 0.05) is 17.0 Å². The zero-order valence-corrected chi connectivity index (χ0v) is 16.5. The quantitative estimate of drug-likeness (QED) is 0.658. The van der Waals surface area contributed by atoms with Gasteiger partial charge in [-0.15, -0.1) is 11.3 Å². The molecular formula is C22H26NO3S+. The molecule has 1 unspecified atom stereocenters. The van der Waals surface area contributed by atoms with Crippen molar-refractivity contribution in [3.8, 4) is 5.75 Å². The molecule has 0 amide bonds. The van der Waals surface area contributed by atoms with Crippen molar-refractivity contribution in [2.45, 2.75) is 51.2 Å². The fraction of sp³-hybridized carbons (Fsp3) is 0.409. The van der Waals surface area contributed by atoms with Crippen molar-refractivity contribution >= 4 is 22.3 Å². The molecule has 0 radical (unpaired) electrons. The molecule has 5 heteroatoms. The van der Waals surface area contributed by atoms with Crippen LogP contribution in [0.2, 0.25) is 0 Å². The molecule has 4 nitrogen and oxygen atoms in total. The molecule has 1 aromatic carbocycles. The second-order valence-corrected chi connectivity index (χ2v) is 8.41. The van der Waals surface area contributed by atoms with Gasteiger partial charge in [-0.3, -0.25) is 0 Å². The Kier molecular flexibility index (Phi) is 5.60. The lowest BCUT2D eigenvalue weighted by Gasteiger charge is -2.31. The molecule has 3 aromatic rings. The summed E-state index contributed by atoms with van der Waals surface area (Å²) >= 11 is 1.82. The van der Waals surface area contributed by atoms with E-state index in [0.29, 0.717) is 11.6 Å². The third-order valence-corrected chi connectivity index (χ3v) is 6.49. The van der Waals surface area contributed by atoms with Crippen LogP contribution in [0.15, 0.2) is 51.0 Å². The molecule has 0 spiro atoms. The van der Waals surface area contributed by atoms with E-state index in [9.17, 15) is 4.79 Å². The molecule has 4 rings (SSSR count). The Hall–Kier alpha value is -2.11. The Morgan fingerprint density at radius 3 is 2.74 bits per heavy atom. The highest BCUT2D eigenvalue weighted by molar-refractivity contribution is 7.09. The van der Waals surface area contributed by atoms with Gasteiger partial charge in [-0.25, -0.2) is 4.79 Å². The molecule has 0 aliphatic heterocycles. The monoisotopic (exact) mass is 384 g/mol. The van der Waals surface area contributed by atoms with Gasteiger partial charge in [-0.1, -0.05) is 12.5 Å². The summed E-state index contributed by atoms with van der Waals surface area (Å²) in [5.74, 6) is 0.787. The molecule has 0 bridgehead atoms. The summed E-state index contributed by atoms with van der Waals surface area (Å²) in [4.78, 5) is 15.1. The van der Waals surface area contributed by atoms with Gasteiger partial charge in [0.05, 0.1) is 18.0 Å². The normalized spacial score (nSPS) is 16.5. The van der Waals surface area contributed by atoms with Crippen molar-refractivity contribution in [3.63, 3.8) is 0 Å². The number of nitrogens with one attached hydrogen (secondary N) is 1. The topological polar surface area (TPSA) is 43.9 Å². The van der Waals surface area contributed by atoms with E-state index in [4.69, 9.17) is 9.15 Å². The van der Waals surface area contributed by atoms with Crippen LogP contribution >= 0.6 is 11.3 Å². The van der Waals surface area contributed by atoms with E-state index in [2.05, 4.69) is 17.5 Å².